The first kappa shape index (κ1) is 20.5. The number of halogens is 1. The fourth-order valence-corrected chi connectivity index (χ4v) is 3.88. The molecule has 2 N–H and O–H groups in total. The quantitative estimate of drug-likeness (QED) is 0.271. The number of guanidine groups is 1. The van der Waals surface area contributed by atoms with E-state index >= 15 is 0 Å². The van der Waals surface area contributed by atoms with Gasteiger partial charge in [0.1, 0.15) is 12.4 Å². The summed E-state index contributed by atoms with van der Waals surface area (Å²) in [6.45, 7) is 5.62. The molecule has 1 fully saturated rings. The smallest absolute Gasteiger partial charge is 0.191 e. The highest BCUT2D eigenvalue weighted by Gasteiger charge is 2.17. The lowest BCUT2D eigenvalue weighted by Crippen LogP contribution is -2.37. The molecule has 0 saturated heterocycles. The van der Waals surface area contributed by atoms with E-state index in [1.807, 2.05) is 0 Å². The maximum absolute atomic E-state index is 4.68. The molecule has 0 bridgehead atoms. The van der Waals surface area contributed by atoms with E-state index in [9.17, 15) is 0 Å². The van der Waals surface area contributed by atoms with Gasteiger partial charge >= 0.3 is 0 Å². The van der Waals surface area contributed by atoms with Crippen molar-refractivity contribution in [1.82, 2.24) is 25.4 Å². The lowest BCUT2D eigenvalue weighted by molar-refractivity contribution is 0.472. The van der Waals surface area contributed by atoms with Crippen LogP contribution in [-0.2, 0) is 19.5 Å². The SMILES string of the molecule is CCNC(=NCc1nnc2n1CCC2)NCCCCC1CCCC1.I. The van der Waals surface area contributed by atoms with Crippen LogP contribution in [0.2, 0.25) is 0 Å². The van der Waals surface area contributed by atoms with Crippen LogP contribution >= 0.6 is 24.0 Å². The molecular weight excluding hydrogens is 427 g/mol. The van der Waals surface area contributed by atoms with E-state index in [2.05, 4.69) is 37.3 Å². The minimum Gasteiger partial charge on any atom is -0.357 e. The summed E-state index contributed by atoms with van der Waals surface area (Å²) in [5, 5.41) is 15.3. The summed E-state index contributed by atoms with van der Waals surface area (Å²) in [4.78, 5) is 4.68. The highest BCUT2D eigenvalue weighted by Crippen LogP contribution is 2.28. The van der Waals surface area contributed by atoms with Crippen LogP contribution in [0, 0.1) is 5.92 Å². The summed E-state index contributed by atoms with van der Waals surface area (Å²) in [6.07, 6.45) is 12.0. The summed E-state index contributed by atoms with van der Waals surface area (Å²) in [5.41, 5.74) is 0. The second-order valence-electron chi connectivity index (χ2n) is 7.06. The number of fused-ring (bicyclic) bond motifs is 1. The standard InChI is InChI=1S/C18H32N6.HI/c1-2-19-18(20-12-6-5-10-15-8-3-4-9-15)21-14-17-23-22-16-11-7-13-24(16)17;/h15H,2-14H2,1H3,(H2,19,20,21);1H. The van der Waals surface area contributed by atoms with Gasteiger partial charge in [-0.05, 0) is 25.7 Å². The minimum atomic E-state index is 0. The van der Waals surface area contributed by atoms with Crippen LogP contribution in [0.5, 0.6) is 0 Å². The number of unbranched alkanes of at least 4 members (excludes halogenated alkanes) is 1. The van der Waals surface area contributed by atoms with E-state index in [-0.39, 0.29) is 24.0 Å². The maximum atomic E-state index is 4.68. The zero-order chi connectivity index (χ0) is 16.6. The number of rotatable bonds is 8. The number of aliphatic imine (C=N–C) groups is 1. The van der Waals surface area contributed by atoms with Gasteiger partial charge in [0.05, 0.1) is 0 Å². The molecule has 0 amide bonds. The summed E-state index contributed by atoms with van der Waals surface area (Å²) in [7, 11) is 0. The molecule has 0 spiro atoms. The van der Waals surface area contributed by atoms with Gasteiger partial charge in [-0.3, -0.25) is 0 Å². The lowest BCUT2D eigenvalue weighted by Gasteiger charge is -2.12. The molecule has 2 heterocycles. The first-order valence-corrected chi connectivity index (χ1v) is 9.80. The molecular formula is C18H33IN6. The number of aryl methyl sites for hydroxylation is 1. The highest BCUT2D eigenvalue weighted by molar-refractivity contribution is 14.0. The van der Waals surface area contributed by atoms with Crippen LogP contribution < -0.4 is 10.6 Å². The molecule has 0 aromatic carbocycles. The molecule has 1 aromatic rings. The zero-order valence-corrected chi connectivity index (χ0v) is 17.8. The molecule has 1 saturated carbocycles. The van der Waals surface area contributed by atoms with Crippen molar-refractivity contribution in [3.05, 3.63) is 11.6 Å². The van der Waals surface area contributed by atoms with Gasteiger partial charge in [-0.2, -0.15) is 0 Å². The minimum absolute atomic E-state index is 0. The Bertz CT molecular complexity index is 536. The molecule has 7 heteroatoms. The van der Waals surface area contributed by atoms with Gasteiger partial charge in [0.2, 0.25) is 0 Å². The molecule has 2 aliphatic rings. The van der Waals surface area contributed by atoms with Crippen molar-refractivity contribution < 1.29 is 0 Å². The average molecular weight is 460 g/mol. The van der Waals surface area contributed by atoms with Gasteiger partial charge in [-0.1, -0.05) is 38.5 Å². The molecule has 1 aliphatic heterocycles. The third-order valence-corrected chi connectivity index (χ3v) is 5.22. The van der Waals surface area contributed by atoms with Crippen LogP contribution in [0.3, 0.4) is 0 Å². The van der Waals surface area contributed by atoms with Gasteiger partial charge in [0.25, 0.3) is 0 Å². The molecule has 0 radical (unpaired) electrons. The third kappa shape index (κ3) is 6.11. The largest absolute Gasteiger partial charge is 0.357 e. The van der Waals surface area contributed by atoms with Crippen LogP contribution in [0.25, 0.3) is 0 Å². The number of hydrogen-bond donors (Lipinski definition) is 2. The molecule has 1 aliphatic carbocycles. The molecule has 3 rings (SSSR count). The van der Waals surface area contributed by atoms with E-state index in [0.717, 1.165) is 49.6 Å². The topological polar surface area (TPSA) is 67.1 Å². The fraction of sp³-hybridized carbons (Fsp3) is 0.833. The number of hydrogen-bond acceptors (Lipinski definition) is 3. The summed E-state index contributed by atoms with van der Waals surface area (Å²) >= 11 is 0. The van der Waals surface area contributed by atoms with Crippen LogP contribution in [0.1, 0.15) is 69.9 Å². The molecule has 1 aromatic heterocycles. The van der Waals surface area contributed by atoms with E-state index in [1.54, 1.807) is 0 Å². The van der Waals surface area contributed by atoms with Crippen molar-refractivity contribution in [2.75, 3.05) is 13.1 Å². The van der Waals surface area contributed by atoms with Crippen molar-refractivity contribution in [1.29, 1.82) is 0 Å². The molecule has 25 heavy (non-hydrogen) atoms. The Hall–Kier alpha value is -0.860. The Morgan fingerprint density at radius 1 is 1.16 bits per heavy atom. The lowest BCUT2D eigenvalue weighted by atomic mass is 10.0. The molecule has 0 unspecified atom stereocenters. The van der Waals surface area contributed by atoms with Crippen molar-refractivity contribution in [3.8, 4) is 0 Å². The first-order valence-electron chi connectivity index (χ1n) is 9.80. The van der Waals surface area contributed by atoms with Crippen molar-refractivity contribution in [2.45, 2.75) is 77.8 Å². The van der Waals surface area contributed by atoms with Gasteiger partial charge < -0.3 is 15.2 Å². The predicted molar refractivity (Wildman–Crippen MR) is 112 cm³/mol. The number of nitrogens with one attached hydrogen (secondary N) is 2. The Balaban J connectivity index is 0.00000225. The monoisotopic (exact) mass is 460 g/mol. The average Bonchev–Trinajstić information content (AvgIpc) is 3.31. The third-order valence-electron chi connectivity index (χ3n) is 5.22. The Morgan fingerprint density at radius 3 is 2.80 bits per heavy atom. The zero-order valence-electron chi connectivity index (χ0n) is 15.5. The summed E-state index contributed by atoms with van der Waals surface area (Å²) in [5.74, 6) is 4.00. The van der Waals surface area contributed by atoms with Crippen molar-refractivity contribution >= 4 is 29.9 Å². The van der Waals surface area contributed by atoms with Crippen LogP contribution in [0.4, 0.5) is 0 Å². The summed E-state index contributed by atoms with van der Waals surface area (Å²) < 4.78 is 2.22. The number of aromatic nitrogens is 3. The second-order valence-corrected chi connectivity index (χ2v) is 7.06. The van der Waals surface area contributed by atoms with Crippen LogP contribution in [0.15, 0.2) is 4.99 Å². The normalized spacial score (nSPS) is 17.4. The van der Waals surface area contributed by atoms with E-state index < -0.39 is 0 Å². The Labute approximate surface area is 168 Å². The fourth-order valence-electron chi connectivity index (χ4n) is 3.88. The molecule has 0 atom stereocenters. The first-order chi connectivity index (χ1) is 11.9. The van der Waals surface area contributed by atoms with Gasteiger partial charge in [-0.25, -0.2) is 4.99 Å². The van der Waals surface area contributed by atoms with E-state index in [4.69, 9.17) is 0 Å². The molecule has 142 valence electrons. The van der Waals surface area contributed by atoms with Gasteiger partial charge in [0, 0.05) is 26.1 Å². The van der Waals surface area contributed by atoms with E-state index in [1.165, 1.54) is 51.4 Å². The van der Waals surface area contributed by atoms with E-state index in [0.29, 0.717) is 6.54 Å². The Morgan fingerprint density at radius 2 is 2.00 bits per heavy atom. The predicted octanol–water partition coefficient (Wildman–Crippen LogP) is 3.26. The maximum Gasteiger partial charge on any atom is 0.191 e. The van der Waals surface area contributed by atoms with Gasteiger partial charge in [-0.15, -0.1) is 34.2 Å². The second kappa shape index (κ2) is 11.0. The van der Waals surface area contributed by atoms with Gasteiger partial charge in [0.15, 0.2) is 11.8 Å². The highest BCUT2D eigenvalue weighted by atomic mass is 127. The summed E-state index contributed by atoms with van der Waals surface area (Å²) in [6, 6.07) is 0. The van der Waals surface area contributed by atoms with Crippen molar-refractivity contribution in [2.24, 2.45) is 10.9 Å². The van der Waals surface area contributed by atoms with Crippen molar-refractivity contribution in [3.63, 3.8) is 0 Å². The molecule has 6 nitrogen and oxygen atoms in total. The number of nitrogens with zero attached hydrogens (tertiary/aromatic N) is 4. The van der Waals surface area contributed by atoms with Crippen LogP contribution in [-0.4, -0.2) is 33.8 Å². The Kier molecular flexibility index (Phi) is 8.98.